The number of halogens is 2. The van der Waals surface area contributed by atoms with Crippen molar-refractivity contribution in [2.24, 2.45) is 0 Å². The zero-order chi connectivity index (χ0) is 18.8. The molecular weight excluding hydrogens is 379 g/mol. The van der Waals surface area contributed by atoms with E-state index in [1.54, 1.807) is 18.2 Å². The van der Waals surface area contributed by atoms with Gasteiger partial charge >= 0.3 is 6.03 Å². The summed E-state index contributed by atoms with van der Waals surface area (Å²) in [6, 6.07) is 23.2. The molecule has 136 valence electrons. The van der Waals surface area contributed by atoms with Crippen LogP contribution in [-0.2, 0) is 6.42 Å². The predicted octanol–water partition coefficient (Wildman–Crippen LogP) is 6.17. The fourth-order valence-electron chi connectivity index (χ4n) is 3.58. The van der Waals surface area contributed by atoms with E-state index in [0.717, 1.165) is 17.5 Å². The van der Waals surface area contributed by atoms with E-state index in [4.69, 9.17) is 23.2 Å². The summed E-state index contributed by atoms with van der Waals surface area (Å²) in [6.45, 7) is 0.616. The van der Waals surface area contributed by atoms with Crippen LogP contribution < -0.4 is 5.32 Å². The Labute approximate surface area is 168 Å². The Bertz CT molecular complexity index is 955. The highest BCUT2D eigenvalue weighted by molar-refractivity contribution is 6.39. The number of benzene rings is 3. The third kappa shape index (κ3) is 3.53. The van der Waals surface area contributed by atoms with Crippen molar-refractivity contribution in [3.63, 3.8) is 0 Å². The van der Waals surface area contributed by atoms with E-state index in [0.29, 0.717) is 22.3 Å². The average molecular weight is 397 g/mol. The third-order valence-electron chi connectivity index (χ3n) is 4.85. The van der Waals surface area contributed by atoms with Gasteiger partial charge in [-0.1, -0.05) is 83.9 Å². The van der Waals surface area contributed by atoms with Gasteiger partial charge in [-0.05, 0) is 35.2 Å². The van der Waals surface area contributed by atoms with E-state index < -0.39 is 0 Å². The molecule has 0 aromatic heterocycles. The molecule has 2 amide bonds. The Morgan fingerprint density at radius 1 is 0.889 bits per heavy atom. The van der Waals surface area contributed by atoms with Crippen molar-refractivity contribution in [3.05, 3.63) is 99.5 Å². The van der Waals surface area contributed by atoms with Gasteiger partial charge in [0, 0.05) is 6.54 Å². The third-order valence-corrected chi connectivity index (χ3v) is 5.48. The summed E-state index contributed by atoms with van der Waals surface area (Å²) in [5, 5.41) is 3.74. The molecule has 0 aliphatic carbocycles. The average Bonchev–Trinajstić information content (AvgIpc) is 2.70. The van der Waals surface area contributed by atoms with E-state index in [-0.39, 0.29) is 12.1 Å². The standard InChI is InChI=1S/C22H18Cl2N2O/c23-18-11-6-12-19(24)20(18)25-22(27)26-14-13-15-7-4-5-10-17(15)21(26)16-8-2-1-3-9-16/h1-12,21H,13-14H2,(H,25,27)/t21-/m0/s1. The normalized spacial score (nSPS) is 15.9. The Morgan fingerprint density at radius 3 is 2.30 bits per heavy atom. The molecule has 0 radical (unpaired) electrons. The number of fused-ring (bicyclic) bond motifs is 1. The number of hydrogen-bond acceptors (Lipinski definition) is 1. The molecule has 1 heterocycles. The minimum absolute atomic E-state index is 0.155. The van der Waals surface area contributed by atoms with E-state index in [9.17, 15) is 4.79 Å². The van der Waals surface area contributed by atoms with Crippen LogP contribution in [0.1, 0.15) is 22.7 Å². The van der Waals surface area contributed by atoms with E-state index in [2.05, 4.69) is 29.6 Å². The number of hydrogen-bond donors (Lipinski definition) is 1. The Hall–Kier alpha value is -2.49. The van der Waals surface area contributed by atoms with Gasteiger partial charge in [-0.2, -0.15) is 0 Å². The minimum atomic E-state index is -0.214. The predicted molar refractivity (Wildman–Crippen MR) is 111 cm³/mol. The molecule has 3 nitrogen and oxygen atoms in total. The lowest BCUT2D eigenvalue weighted by Gasteiger charge is -2.37. The van der Waals surface area contributed by atoms with Crippen molar-refractivity contribution < 1.29 is 4.79 Å². The molecule has 4 rings (SSSR count). The molecule has 0 fully saturated rings. The van der Waals surface area contributed by atoms with Crippen LogP contribution in [0.5, 0.6) is 0 Å². The van der Waals surface area contributed by atoms with Gasteiger partial charge in [0.1, 0.15) is 0 Å². The molecule has 1 aliphatic rings. The molecule has 3 aromatic rings. The van der Waals surface area contributed by atoms with Gasteiger partial charge in [0.25, 0.3) is 0 Å². The van der Waals surface area contributed by atoms with Crippen LogP contribution in [0, 0.1) is 0 Å². The van der Waals surface area contributed by atoms with Crippen molar-refractivity contribution >= 4 is 34.9 Å². The molecule has 1 aliphatic heterocycles. The monoisotopic (exact) mass is 396 g/mol. The highest BCUT2D eigenvalue weighted by Gasteiger charge is 2.32. The molecule has 5 heteroatoms. The van der Waals surface area contributed by atoms with E-state index in [1.165, 1.54) is 5.56 Å². The molecule has 0 spiro atoms. The Kier molecular flexibility index (Phi) is 5.06. The van der Waals surface area contributed by atoms with Crippen LogP contribution in [0.2, 0.25) is 10.0 Å². The zero-order valence-corrected chi connectivity index (χ0v) is 16.0. The van der Waals surface area contributed by atoms with Crippen LogP contribution in [0.3, 0.4) is 0 Å². The van der Waals surface area contributed by atoms with Crippen molar-refractivity contribution in [3.8, 4) is 0 Å². The lowest BCUT2D eigenvalue weighted by molar-refractivity contribution is 0.194. The molecule has 1 atom stereocenters. The van der Waals surface area contributed by atoms with Crippen molar-refractivity contribution in [1.82, 2.24) is 4.90 Å². The van der Waals surface area contributed by atoms with Crippen LogP contribution in [0.25, 0.3) is 0 Å². The van der Waals surface area contributed by atoms with Crippen molar-refractivity contribution in [1.29, 1.82) is 0 Å². The number of carbonyl (C=O) groups excluding carboxylic acids is 1. The van der Waals surface area contributed by atoms with Crippen molar-refractivity contribution in [2.45, 2.75) is 12.5 Å². The minimum Gasteiger partial charge on any atom is -0.313 e. The van der Waals surface area contributed by atoms with Crippen LogP contribution in [0.4, 0.5) is 10.5 Å². The first-order valence-corrected chi connectivity index (χ1v) is 9.55. The quantitative estimate of drug-likeness (QED) is 0.551. The first-order valence-electron chi connectivity index (χ1n) is 8.79. The van der Waals surface area contributed by atoms with Gasteiger partial charge in [-0.3, -0.25) is 0 Å². The van der Waals surface area contributed by atoms with Gasteiger partial charge in [0.2, 0.25) is 0 Å². The SMILES string of the molecule is O=C(Nc1c(Cl)cccc1Cl)N1CCc2ccccc2[C@@H]1c1ccccc1. The van der Waals surface area contributed by atoms with Crippen LogP contribution in [0.15, 0.2) is 72.8 Å². The van der Waals surface area contributed by atoms with Gasteiger partial charge in [0.15, 0.2) is 0 Å². The number of nitrogens with zero attached hydrogens (tertiary/aromatic N) is 1. The van der Waals surface area contributed by atoms with E-state index >= 15 is 0 Å². The maximum atomic E-state index is 13.2. The molecule has 0 saturated heterocycles. The first kappa shape index (κ1) is 17.9. The summed E-state index contributed by atoms with van der Waals surface area (Å²) < 4.78 is 0. The maximum absolute atomic E-state index is 13.2. The summed E-state index contributed by atoms with van der Waals surface area (Å²) in [7, 11) is 0. The molecule has 27 heavy (non-hydrogen) atoms. The molecular formula is C22H18Cl2N2O. The van der Waals surface area contributed by atoms with Crippen molar-refractivity contribution in [2.75, 3.05) is 11.9 Å². The Balaban J connectivity index is 1.72. The second kappa shape index (κ2) is 7.63. The number of para-hydroxylation sites is 1. The summed E-state index contributed by atoms with van der Waals surface area (Å²) in [6.07, 6.45) is 0.809. The summed E-state index contributed by atoms with van der Waals surface area (Å²) in [5.74, 6) is 0. The Morgan fingerprint density at radius 2 is 1.56 bits per heavy atom. The number of nitrogens with one attached hydrogen (secondary N) is 1. The molecule has 0 unspecified atom stereocenters. The smallest absolute Gasteiger partial charge is 0.313 e. The summed E-state index contributed by atoms with van der Waals surface area (Å²) in [4.78, 5) is 15.0. The van der Waals surface area contributed by atoms with Crippen LogP contribution in [-0.4, -0.2) is 17.5 Å². The lowest BCUT2D eigenvalue weighted by atomic mass is 9.88. The molecule has 3 aromatic carbocycles. The maximum Gasteiger partial charge on any atom is 0.322 e. The van der Waals surface area contributed by atoms with E-state index in [1.807, 2.05) is 35.2 Å². The second-order valence-electron chi connectivity index (χ2n) is 6.48. The zero-order valence-electron chi connectivity index (χ0n) is 14.5. The van der Waals surface area contributed by atoms with Crippen LogP contribution >= 0.6 is 23.2 Å². The van der Waals surface area contributed by atoms with Gasteiger partial charge in [-0.25, -0.2) is 4.79 Å². The second-order valence-corrected chi connectivity index (χ2v) is 7.30. The highest BCUT2D eigenvalue weighted by Crippen LogP contribution is 2.36. The highest BCUT2D eigenvalue weighted by atomic mass is 35.5. The molecule has 1 N–H and O–H groups in total. The fourth-order valence-corrected chi connectivity index (χ4v) is 4.07. The number of rotatable bonds is 2. The molecule has 0 saturated carbocycles. The lowest BCUT2D eigenvalue weighted by Crippen LogP contribution is -2.43. The number of carbonyl (C=O) groups is 1. The largest absolute Gasteiger partial charge is 0.322 e. The number of amides is 2. The fraction of sp³-hybridized carbons (Fsp3) is 0.136. The van der Waals surface area contributed by atoms with Gasteiger partial charge in [-0.15, -0.1) is 0 Å². The molecule has 0 bridgehead atoms. The summed E-state index contributed by atoms with van der Waals surface area (Å²) >= 11 is 12.5. The number of anilines is 1. The number of urea groups is 1. The van der Waals surface area contributed by atoms with Gasteiger partial charge < -0.3 is 10.2 Å². The van der Waals surface area contributed by atoms with Gasteiger partial charge in [0.05, 0.1) is 21.8 Å². The topological polar surface area (TPSA) is 32.3 Å². The first-order chi connectivity index (χ1) is 13.1. The summed E-state index contributed by atoms with van der Waals surface area (Å²) in [5.41, 5.74) is 3.93.